The lowest BCUT2D eigenvalue weighted by Crippen LogP contribution is -2.09. The monoisotopic (exact) mass is 398 g/mol. The number of aromatic amines is 1. The second kappa shape index (κ2) is 6.79. The van der Waals surface area contributed by atoms with Gasteiger partial charge in [0.05, 0.1) is 24.3 Å². The van der Waals surface area contributed by atoms with Crippen molar-refractivity contribution in [1.29, 1.82) is 0 Å². The average molecular weight is 398 g/mol. The fourth-order valence-corrected chi connectivity index (χ4v) is 4.32. The van der Waals surface area contributed by atoms with Crippen LogP contribution in [0.4, 0.5) is 0 Å². The van der Waals surface area contributed by atoms with E-state index in [9.17, 15) is 0 Å². The smallest absolute Gasteiger partial charge is 0.126 e. The highest BCUT2D eigenvalue weighted by molar-refractivity contribution is 5.67. The highest BCUT2D eigenvalue weighted by atomic mass is 16.5. The fourth-order valence-electron chi connectivity index (χ4n) is 4.32. The molecule has 1 aliphatic carbocycles. The van der Waals surface area contributed by atoms with Crippen LogP contribution >= 0.6 is 0 Å². The van der Waals surface area contributed by atoms with Crippen molar-refractivity contribution in [2.45, 2.75) is 38.1 Å². The van der Waals surface area contributed by atoms with Crippen LogP contribution in [0.1, 0.15) is 41.5 Å². The summed E-state index contributed by atoms with van der Waals surface area (Å²) in [4.78, 5) is 9.11. The Hall–Kier alpha value is -3.48. The third-order valence-electron chi connectivity index (χ3n) is 6.04. The summed E-state index contributed by atoms with van der Waals surface area (Å²) in [5.74, 6) is 2.17. The maximum Gasteiger partial charge on any atom is 0.126 e. The van der Waals surface area contributed by atoms with Crippen molar-refractivity contribution in [2.24, 2.45) is 0 Å². The molecule has 1 aromatic carbocycles. The Labute approximate surface area is 174 Å². The van der Waals surface area contributed by atoms with Gasteiger partial charge in [-0.25, -0.2) is 4.98 Å². The molecule has 0 saturated heterocycles. The minimum atomic E-state index is 0.345. The van der Waals surface area contributed by atoms with Gasteiger partial charge in [0.1, 0.15) is 17.1 Å². The third kappa shape index (κ3) is 2.98. The van der Waals surface area contributed by atoms with E-state index in [0.29, 0.717) is 11.8 Å². The number of ether oxygens (including phenoxy) is 1. The van der Waals surface area contributed by atoms with Crippen LogP contribution < -0.4 is 4.74 Å². The van der Waals surface area contributed by atoms with Gasteiger partial charge in [-0.1, -0.05) is 23.4 Å². The third-order valence-corrected chi connectivity index (χ3v) is 6.04. The number of hydrogen-bond donors (Lipinski definition) is 1. The summed E-state index contributed by atoms with van der Waals surface area (Å²) in [7, 11) is 0. The van der Waals surface area contributed by atoms with Gasteiger partial charge in [-0.2, -0.15) is 0 Å². The van der Waals surface area contributed by atoms with E-state index in [0.717, 1.165) is 47.2 Å². The van der Waals surface area contributed by atoms with Crippen LogP contribution in [0.5, 0.6) is 5.75 Å². The van der Waals surface area contributed by atoms with Gasteiger partial charge < -0.3 is 9.30 Å². The van der Waals surface area contributed by atoms with E-state index in [1.807, 2.05) is 25.4 Å². The zero-order valence-electron chi connectivity index (χ0n) is 16.7. The molecule has 1 atom stereocenters. The van der Waals surface area contributed by atoms with Crippen LogP contribution in [0.15, 0.2) is 49.1 Å². The molecule has 0 amide bonds. The molecule has 0 radical (unpaired) electrons. The van der Waals surface area contributed by atoms with Crippen molar-refractivity contribution < 1.29 is 4.74 Å². The van der Waals surface area contributed by atoms with Crippen LogP contribution in [0.2, 0.25) is 0 Å². The number of fused-ring (bicyclic) bond motifs is 1. The number of nitrogens with one attached hydrogen (secondary N) is 1. The number of aromatic nitrogens is 6. The van der Waals surface area contributed by atoms with Crippen molar-refractivity contribution in [3.8, 4) is 28.4 Å². The molecule has 0 bridgehead atoms. The van der Waals surface area contributed by atoms with Crippen molar-refractivity contribution in [2.75, 3.05) is 6.61 Å². The van der Waals surface area contributed by atoms with Gasteiger partial charge in [-0.05, 0) is 43.4 Å². The SMILES string of the molecule is Cc1[nH]nnc1-c1ccnc(-c2cn(C[C@H]3COc4c(C5CC5)cccc43)cn2)c1. The normalized spacial score (nSPS) is 17.7. The average Bonchev–Trinajstić information content (AvgIpc) is 3.15. The summed E-state index contributed by atoms with van der Waals surface area (Å²) in [6.07, 6.45) is 8.31. The van der Waals surface area contributed by atoms with Crippen LogP contribution in [0.25, 0.3) is 22.6 Å². The number of nitrogens with zero attached hydrogens (tertiary/aromatic N) is 5. The minimum Gasteiger partial charge on any atom is -0.492 e. The summed E-state index contributed by atoms with van der Waals surface area (Å²) in [5, 5.41) is 10.9. The Morgan fingerprint density at radius 1 is 1.13 bits per heavy atom. The van der Waals surface area contributed by atoms with Crippen molar-refractivity contribution >= 4 is 0 Å². The number of imidazole rings is 1. The largest absolute Gasteiger partial charge is 0.492 e. The van der Waals surface area contributed by atoms with Gasteiger partial charge in [0.15, 0.2) is 0 Å². The Morgan fingerprint density at radius 3 is 2.87 bits per heavy atom. The zero-order chi connectivity index (χ0) is 20.1. The molecule has 4 aromatic rings. The van der Waals surface area contributed by atoms with E-state index < -0.39 is 0 Å². The summed E-state index contributed by atoms with van der Waals surface area (Å²) in [6.45, 7) is 3.53. The number of para-hydroxylation sites is 1. The topological polar surface area (TPSA) is 81.5 Å². The molecule has 6 rings (SSSR count). The lowest BCUT2D eigenvalue weighted by atomic mass is 9.97. The molecule has 7 nitrogen and oxygen atoms in total. The number of hydrogen-bond acceptors (Lipinski definition) is 5. The molecule has 1 saturated carbocycles. The first-order valence-corrected chi connectivity index (χ1v) is 10.4. The number of rotatable bonds is 5. The van der Waals surface area contributed by atoms with Crippen molar-refractivity contribution in [1.82, 2.24) is 29.9 Å². The second-order valence-corrected chi connectivity index (χ2v) is 8.22. The molecular weight excluding hydrogens is 376 g/mol. The van der Waals surface area contributed by atoms with Crippen LogP contribution in [0, 0.1) is 6.92 Å². The Kier molecular flexibility index (Phi) is 3.94. The molecule has 0 unspecified atom stereocenters. The number of pyridine rings is 1. The minimum absolute atomic E-state index is 0.345. The summed E-state index contributed by atoms with van der Waals surface area (Å²) in [6, 6.07) is 10.6. The predicted molar refractivity (Wildman–Crippen MR) is 112 cm³/mol. The lowest BCUT2D eigenvalue weighted by molar-refractivity contribution is 0.316. The maximum atomic E-state index is 6.11. The first kappa shape index (κ1) is 17.4. The molecule has 2 aliphatic rings. The van der Waals surface area contributed by atoms with Gasteiger partial charge in [0.25, 0.3) is 0 Å². The number of benzene rings is 1. The predicted octanol–water partition coefficient (Wildman–Crippen LogP) is 4.09. The molecule has 150 valence electrons. The fraction of sp³-hybridized carbons (Fsp3) is 0.304. The molecule has 4 heterocycles. The van der Waals surface area contributed by atoms with E-state index in [-0.39, 0.29) is 0 Å². The molecular formula is C23H22N6O. The van der Waals surface area contributed by atoms with Crippen LogP contribution in [-0.2, 0) is 6.54 Å². The van der Waals surface area contributed by atoms with Gasteiger partial charge in [-0.15, -0.1) is 5.10 Å². The standard InChI is InChI=1S/C23H22N6O/c1-14-22(27-28-26-14)16-7-8-24-20(9-16)21-11-29(13-25-21)10-17-12-30-23-18(15-5-6-15)3-2-4-19(17)23/h2-4,7-9,11,13,15,17H,5-6,10,12H2,1H3,(H,26,27,28)/t17-/m0/s1. The van der Waals surface area contributed by atoms with Gasteiger partial charge in [0.2, 0.25) is 0 Å². The van der Waals surface area contributed by atoms with Gasteiger partial charge in [-0.3, -0.25) is 10.1 Å². The van der Waals surface area contributed by atoms with E-state index in [4.69, 9.17) is 4.74 Å². The van der Waals surface area contributed by atoms with Crippen LogP contribution in [0.3, 0.4) is 0 Å². The molecule has 30 heavy (non-hydrogen) atoms. The summed E-state index contributed by atoms with van der Waals surface area (Å²) in [5.41, 5.74) is 7.15. The Morgan fingerprint density at radius 2 is 2.03 bits per heavy atom. The van der Waals surface area contributed by atoms with Gasteiger partial charge >= 0.3 is 0 Å². The maximum absolute atomic E-state index is 6.11. The van der Waals surface area contributed by atoms with E-state index in [1.54, 1.807) is 6.20 Å². The van der Waals surface area contributed by atoms with E-state index >= 15 is 0 Å². The Balaban J connectivity index is 1.25. The summed E-state index contributed by atoms with van der Waals surface area (Å²) >= 11 is 0. The molecule has 7 heteroatoms. The highest BCUT2D eigenvalue weighted by Gasteiger charge is 2.33. The molecule has 1 fully saturated rings. The van der Waals surface area contributed by atoms with Gasteiger partial charge in [0, 0.05) is 36.0 Å². The quantitative estimate of drug-likeness (QED) is 0.548. The first-order chi connectivity index (χ1) is 14.8. The highest BCUT2D eigenvalue weighted by Crippen LogP contribution is 2.48. The molecule has 0 spiro atoms. The lowest BCUT2D eigenvalue weighted by Gasteiger charge is -2.10. The zero-order valence-corrected chi connectivity index (χ0v) is 16.7. The van der Waals surface area contributed by atoms with Crippen LogP contribution in [-0.4, -0.2) is 36.6 Å². The number of H-pyrrole nitrogens is 1. The molecule has 3 aromatic heterocycles. The Bertz CT molecular complexity index is 1220. The first-order valence-electron chi connectivity index (χ1n) is 10.4. The second-order valence-electron chi connectivity index (χ2n) is 8.22. The van der Waals surface area contributed by atoms with E-state index in [2.05, 4.69) is 54.3 Å². The number of aryl methyl sites for hydroxylation is 1. The molecule has 1 N–H and O–H groups in total. The molecule has 1 aliphatic heterocycles. The van der Waals surface area contributed by atoms with Crippen molar-refractivity contribution in [3.63, 3.8) is 0 Å². The summed E-state index contributed by atoms with van der Waals surface area (Å²) < 4.78 is 8.25. The van der Waals surface area contributed by atoms with E-state index in [1.165, 1.54) is 24.0 Å². The van der Waals surface area contributed by atoms with Crippen molar-refractivity contribution in [3.05, 3.63) is 65.9 Å².